The minimum Gasteiger partial charge on any atom is -0.465 e. The molecule has 0 aliphatic heterocycles. The van der Waals surface area contributed by atoms with E-state index in [0.29, 0.717) is 13.2 Å². The number of esters is 2. The lowest BCUT2D eigenvalue weighted by molar-refractivity contribution is -0.155. The van der Waals surface area contributed by atoms with Crippen LogP contribution in [-0.4, -0.2) is 25.2 Å². The Morgan fingerprint density at radius 1 is 0.444 bits per heavy atom. The third-order valence-electron chi connectivity index (χ3n) is 7.88. The largest absolute Gasteiger partial charge is 0.465 e. The van der Waals surface area contributed by atoms with E-state index in [4.69, 9.17) is 9.47 Å². The highest BCUT2D eigenvalue weighted by molar-refractivity contribution is 5.75. The summed E-state index contributed by atoms with van der Waals surface area (Å²) in [5.41, 5.74) is 0. The molecule has 36 heavy (non-hydrogen) atoms. The van der Waals surface area contributed by atoms with E-state index in [-0.39, 0.29) is 23.8 Å². The standard InChI is InChI=1S/C32H60O4/c1-3-5-7-9-11-13-14-16-18-20-22-28-36-32(34)30-25-23-29(24-26-30)31(33)35-27-21-19-17-15-12-10-8-6-4-2/h29-30H,3-28H2,1-2H3. The van der Waals surface area contributed by atoms with Crippen molar-refractivity contribution in [2.75, 3.05) is 13.2 Å². The Labute approximate surface area is 224 Å². The van der Waals surface area contributed by atoms with E-state index < -0.39 is 0 Å². The molecule has 0 atom stereocenters. The van der Waals surface area contributed by atoms with Crippen molar-refractivity contribution >= 4 is 11.9 Å². The van der Waals surface area contributed by atoms with Crippen LogP contribution in [0.25, 0.3) is 0 Å². The van der Waals surface area contributed by atoms with E-state index in [2.05, 4.69) is 13.8 Å². The molecule has 0 amide bonds. The average molecular weight is 509 g/mol. The Bertz CT molecular complexity index is 510. The zero-order chi connectivity index (χ0) is 26.1. The lowest BCUT2D eigenvalue weighted by atomic mass is 9.82. The summed E-state index contributed by atoms with van der Waals surface area (Å²) in [5, 5.41) is 0. The number of hydrogen-bond acceptors (Lipinski definition) is 4. The van der Waals surface area contributed by atoms with E-state index in [1.807, 2.05) is 0 Å². The minimum atomic E-state index is -0.0534. The van der Waals surface area contributed by atoms with E-state index in [1.165, 1.54) is 103 Å². The Kier molecular flexibility index (Phi) is 22.2. The molecule has 1 rings (SSSR count). The molecule has 0 bridgehead atoms. The average Bonchev–Trinajstić information content (AvgIpc) is 2.90. The molecule has 1 aliphatic carbocycles. The van der Waals surface area contributed by atoms with Crippen molar-refractivity contribution in [1.29, 1.82) is 0 Å². The molecule has 0 aromatic rings. The zero-order valence-corrected chi connectivity index (χ0v) is 24.2. The molecule has 4 heteroatoms. The van der Waals surface area contributed by atoms with Crippen molar-refractivity contribution in [2.45, 2.75) is 168 Å². The molecule has 1 fully saturated rings. The van der Waals surface area contributed by atoms with Gasteiger partial charge in [0.2, 0.25) is 0 Å². The van der Waals surface area contributed by atoms with Crippen LogP contribution in [0.1, 0.15) is 168 Å². The third-order valence-corrected chi connectivity index (χ3v) is 7.88. The van der Waals surface area contributed by atoms with Crippen LogP contribution in [0.3, 0.4) is 0 Å². The highest BCUT2D eigenvalue weighted by atomic mass is 16.5. The quantitative estimate of drug-likeness (QED) is 0.0961. The summed E-state index contributed by atoms with van der Waals surface area (Å²) < 4.78 is 11.1. The summed E-state index contributed by atoms with van der Waals surface area (Å²) in [6.07, 6.45) is 28.7. The predicted molar refractivity (Wildman–Crippen MR) is 151 cm³/mol. The van der Waals surface area contributed by atoms with E-state index >= 15 is 0 Å². The number of carbonyl (C=O) groups excluding carboxylic acids is 2. The van der Waals surface area contributed by atoms with Crippen LogP contribution in [0.5, 0.6) is 0 Å². The second-order valence-corrected chi connectivity index (χ2v) is 11.2. The maximum absolute atomic E-state index is 12.4. The van der Waals surface area contributed by atoms with Crippen molar-refractivity contribution in [3.05, 3.63) is 0 Å². The van der Waals surface area contributed by atoms with Gasteiger partial charge in [0.25, 0.3) is 0 Å². The van der Waals surface area contributed by atoms with Gasteiger partial charge in [-0.3, -0.25) is 9.59 Å². The Morgan fingerprint density at radius 3 is 0.972 bits per heavy atom. The summed E-state index contributed by atoms with van der Waals surface area (Å²) in [6.45, 7) is 5.62. The number of unbranched alkanes of at least 4 members (excludes halogenated alkanes) is 18. The summed E-state index contributed by atoms with van der Waals surface area (Å²) >= 11 is 0. The van der Waals surface area contributed by atoms with E-state index in [9.17, 15) is 9.59 Å². The van der Waals surface area contributed by atoms with Crippen molar-refractivity contribution in [1.82, 2.24) is 0 Å². The fourth-order valence-electron chi connectivity index (χ4n) is 5.33. The van der Waals surface area contributed by atoms with Crippen LogP contribution in [0.4, 0.5) is 0 Å². The highest BCUT2D eigenvalue weighted by Gasteiger charge is 2.31. The van der Waals surface area contributed by atoms with Gasteiger partial charge in [-0.05, 0) is 38.5 Å². The predicted octanol–water partition coefficient (Wildman–Crippen LogP) is 9.72. The van der Waals surface area contributed by atoms with Gasteiger partial charge in [-0.2, -0.15) is 0 Å². The van der Waals surface area contributed by atoms with Gasteiger partial charge < -0.3 is 9.47 Å². The van der Waals surface area contributed by atoms with Crippen LogP contribution in [0.15, 0.2) is 0 Å². The molecule has 0 N–H and O–H groups in total. The van der Waals surface area contributed by atoms with Crippen LogP contribution < -0.4 is 0 Å². The van der Waals surface area contributed by atoms with Gasteiger partial charge in [0.15, 0.2) is 0 Å². The molecule has 0 unspecified atom stereocenters. The molecular weight excluding hydrogens is 448 g/mol. The lowest BCUT2D eigenvalue weighted by Crippen LogP contribution is -2.28. The molecule has 0 aromatic carbocycles. The molecular formula is C32H60O4. The van der Waals surface area contributed by atoms with Gasteiger partial charge >= 0.3 is 11.9 Å². The Morgan fingerprint density at radius 2 is 0.694 bits per heavy atom. The van der Waals surface area contributed by atoms with Crippen LogP contribution in [-0.2, 0) is 19.1 Å². The molecule has 0 radical (unpaired) electrons. The summed E-state index contributed by atoms with van der Waals surface area (Å²) in [5.74, 6) is -0.163. The maximum atomic E-state index is 12.4. The number of ether oxygens (including phenoxy) is 2. The zero-order valence-electron chi connectivity index (χ0n) is 24.2. The molecule has 212 valence electrons. The van der Waals surface area contributed by atoms with Gasteiger partial charge in [-0.15, -0.1) is 0 Å². The van der Waals surface area contributed by atoms with Crippen LogP contribution in [0.2, 0.25) is 0 Å². The molecule has 4 nitrogen and oxygen atoms in total. The Hall–Kier alpha value is -1.06. The van der Waals surface area contributed by atoms with E-state index in [0.717, 1.165) is 51.4 Å². The van der Waals surface area contributed by atoms with Gasteiger partial charge in [-0.1, -0.05) is 129 Å². The monoisotopic (exact) mass is 508 g/mol. The molecule has 1 saturated carbocycles. The fraction of sp³-hybridized carbons (Fsp3) is 0.938. The molecule has 0 spiro atoms. The van der Waals surface area contributed by atoms with Crippen molar-refractivity contribution < 1.29 is 19.1 Å². The van der Waals surface area contributed by atoms with Crippen molar-refractivity contribution in [3.63, 3.8) is 0 Å². The molecule has 0 aromatic heterocycles. The number of hydrogen-bond donors (Lipinski definition) is 0. The SMILES string of the molecule is CCCCCCCCCCCCCOC(=O)C1CCC(C(=O)OCCCCCCCCCCC)CC1. The van der Waals surface area contributed by atoms with Gasteiger partial charge in [0, 0.05) is 0 Å². The highest BCUT2D eigenvalue weighted by Crippen LogP contribution is 2.30. The minimum absolute atomic E-state index is 0.0285. The van der Waals surface area contributed by atoms with Gasteiger partial charge in [0.1, 0.15) is 0 Å². The maximum Gasteiger partial charge on any atom is 0.308 e. The number of carbonyl (C=O) groups is 2. The first-order valence-corrected chi connectivity index (χ1v) is 16.0. The molecule has 0 heterocycles. The second-order valence-electron chi connectivity index (χ2n) is 11.2. The normalized spacial score (nSPS) is 17.7. The topological polar surface area (TPSA) is 52.6 Å². The summed E-state index contributed by atoms with van der Waals surface area (Å²) in [6, 6.07) is 0. The first-order valence-electron chi connectivity index (χ1n) is 16.0. The van der Waals surface area contributed by atoms with Gasteiger partial charge in [-0.25, -0.2) is 0 Å². The van der Waals surface area contributed by atoms with Gasteiger partial charge in [0.05, 0.1) is 25.0 Å². The second kappa shape index (κ2) is 24.3. The first-order chi connectivity index (χ1) is 17.7. The lowest BCUT2D eigenvalue weighted by Gasteiger charge is -2.26. The molecule has 1 aliphatic rings. The third kappa shape index (κ3) is 18.2. The summed E-state index contributed by atoms with van der Waals surface area (Å²) in [7, 11) is 0. The molecule has 0 saturated heterocycles. The van der Waals surface area contributed by atoms with E-state index in [1.54, 1.807) is 0 Å². The smallest absolute Gasteiger partial charge is 0.308 e. The fourth-order valence-corrected chi connectivity index (χ4v) is 5.33. The first kappa shape index (κ1) is 33.0. The van der Waals surface area contributed by atoms with Crippen LogP contribution in [0, 0.1) is 11.8 Å². The van der Waals surface area contributed by atoms with Crippen molar-refractivity contribution in [3.8, 4) is 0 Å². The van der Waals surface area contributed by atoms with Crippen molar-refractivity contribution in [2.24, 2.45) is 11.8 Å². The number of rotatable bonds is 24. The summed E-state index contributed by atoms with van der Waals surface area (Å²) in [4.78, 5) is 24.8. The Balaban J connectivity index is 1.93. The van der Waals surface area contributed by atoms with Crippen LogP contribution >= 0.6 is 0 Å².